The van der Waals surface area contributed by atoms with E-state index in [1.165, 1.54) is 7.11 Å². The van der Waals surface area contributed by atoms with Gasteiger partial charge in [-0.1, -0.05) is 18.5 Å². The number of hydrogen-bond donors (Lipinski definition) is 2. The molecule has 0 spiro atoms. The predicted molar refractivity (Wildman–Crippen MR) is 92.0 cm³/mol. The first-order chi connectivity index (χ1) is 11.0. The largest absolute Gasteiger partial charge is 0.495 e. The Morgan fingerprint density at radius 3 is 2.61 bits per heavy atom. The molecule has 6 nitrogen and oxygen atoms in total. The maximum absolute atomic E-state index is 12.1. The summed E-state index contributed by atoms with van der Waals surface area (Å²) in [4.78, 5) is 25.6. The van der Waals surface area contributed by atoms with Gasteiger partial charge in [0.15, 0.2) is 0 Å². The Labute approximate surface area is 142 Å². The van der Waals surface area contributed by atoms with Crippen molar-refractivity contribution in [2.45, 2.75) is 20.3 Å². The first kappa shape index (κ1) is 19.3. The molecule has 23 heavy (non-hydrogen) atoms. The number of nitrogens with zero attached hydrogens (tertiary/aromatic N) is 1. The van der Waals surface area contributed by atoms with E-state index in [2.05, 4.69) is 10.6 Å². The lowest BCUT2D eigenvalue weighted by Crippen LogP contribution is -2.38. The highest BCUT2D eigenvalue weighted by Crippen LogP contribution is 2.27. The Morgan fingerprint density at radius 2 is 2.00 bits per heavy atom. The number of carbonyl (C=O) groups is 2. The molecular weight excluding hydrogens is 318 g/mol. The number of nitrogens with one attached hydrogen (secondary N) is 2. The van der Waals surface area contributed by atoms with Gasteiger partial charge in [-0.3, -0.25) is 14.5 Å². The topological polar surface area (TPSA) is 70.7 Å². The van der Waals surface area contributed by atoms with Crippen molar-refractivity contribution in [1.29, 1.82) is 0 Å². The van der Waals surface area contributed by atoms with Crippen molar-refractivity contribution in [2.75, 3.05) is 38.6 Å². The maximum Gasteiger partial charge on any atom is 0.234 e. The Hall–Kier alpha value is -1.79. The fraction of sp³-hybridized carbons (Fsp3) is 0.500. The lowest BCUT2D eigenvalue weighted by molar-refractivity contribution is -0.123. The van der Waals surface area contributed by atoms with E-state index in [0.717, 1.165) is 0 Å². The van der Waals surface area contributed by atoms with Gasteiger partial charge in [0.05, 0.1) is 19.3 Å². The van der Waals surface area contributed by atoms with Gasteiger partial charge in [-0.2, -0.15) is 0 Å². The summed E-state index contributed by atoms with van der Waals surface area (Å²) in [6.45, 7) is 5.92. The molecule has 0 aliphatic heterocycles. The summed E-state index contributed by atoms with van der Waals surface area (Å²) < 4.78 is 5.19. The van der Waals surface area contributed by atoms with Crippen molar-refractivity contribution < 1.29 is 14.3 Å². The van der Waals surface area contributed by atoms with Crippen LogP contribution in [0.5, 0.6) is 5.75 Å². The summed E-state index contributed by atoms with van der Waals surface area (Å²) in [6.07, 6.45) is 0.281. The summed E-state index contributed by atoms with van der Waals surface area (Å²) in [5.41, 5.74) is 0.539. The molecule has 0 radical (unpaired) electrons. The summed E-state index contributed by atoms with van der Waals surface area (Å²) >= 11 is 5.93. The molecule has 0 heterocycles. The third kappa shape index (κ3) is 6.88. The van der Waals surface area contributed by atoms with Gasteiger partial charge < -0.3 is 15.4 Å². The standard InChI is InChI=1S/C16H24ClN3O3/c1-4-18-16(22)11-20(5-2)9-8-15(21)19-13-10-12(17)6-7-14(13)23-3/h6-7,10H,4-5,8-9,11H2,1-3H3,(H,18,22)(H,19,21). The molecule has 0 fully saturated rings. The first-order valence-electron chi connectivity index (χ1n) is 7.62. The average molecular weight is 342 g/mol. The normalized spacial score (nSPS) is 10.5. The monoisotopic (exact) mass is 341 g/mol. The molecule has 0 saturated heterocycles. The number of amides is 2. The van der Waals surface area contributed by atoms with Gasteiger partial charge >= 0.3 is 0 Å². The van der Waals surface area contributed by atoms with E-state index in [4.69, 9.17) is 16.3 Å². The molecule has 0 aromatic heterocycles. The molecule has 1 aromatic carbocycles. The minimum absolute atomic E-state index is 0.0359. The molecule has 2 amide bonds. The summed E-state index contributed by atoms with van der Waals surface area (Å²) in [6, 6.07) is 5.04. The summed E-state index contributed by atoms with van der Waals surface area (Å²) in [5.74, 6) is 0.364. The minimum atomic E-state index is -0.153. The number of hydrogen-bond acceptors (Lipinski definition) is 4. The molecule has 0 saturated carbocycles. The molecular formula is C16H24ClN3O3. The molecule has 0 bridgehead atoms. The number of carbonyl (C=O) groups excluding carboxylic acids is 2. The number of rotatable bonds is 9. The van der Waals surface area contributed by atoms with E-state index in [-0.39, 0.29) is 24.8 Å². The van der Waals surface area contributed by atoms with Gasteiger partial charge in [-0.15, -0.1) is 0 Å². The van der Waals surface area contributed by atoms with Gasteiger partial charge in [0, 0.05) is 24.5 Å². The van der Waals surface area contributed by atoms with Gasteiger partial charge in [0.1, 0.15) is 5.75 Å². The van der Waals surface area contributed by atoms with E-state index in [0.29, 0.717) is 36.1 Å². The molecule has 0 aliphatic carbocycles. The Balaban J connectivity index is 2.53. The minimum Gasteiger partial charge on any atom is -0.495 e. The first-order valence-corrected chi connectivity index (χ1v) is 8.00. The van der Waals surface area contributed by atoms with Crippen LogP contribution in [0, 0.1) is 0 Å². The highest BCUT2D eigenvalue weighted by Gasteiger charge is 2.12. The van der Waals surface area contributed by atoms with Gasteiger partial charge in [0.25, 0.3) is 0 Å². The van der Waals surface area contributed by atoms with Crippen LogP contribution in [0.3, 0.4) is 0 Å². The number of ether oxygens (including phenoxy) is 1. The van der Waals surface area contributed by atoms with Gasteiger partial charge in [-0.05, 0) is 31.7 Å². The van der Waals surface area contributed by atoms with E-state index in [1.807, 2.05) is 18.7 Å². The van der Waals surface area contributed by atoms with Gasteiger partial charge in [-0.25, -0.2) is 0 Å². The van der Waals surface area contributed by atoms with Crippen LogP contribution in [-0.2, 0) is 9.59 Å². The van der Waals surface area contributed by atoms with Crippen LogP contribution in [-0.4, -0.2) is 50.0 Å². The van der Waals surface area contributed by atoms with E-state index in [1.54, 1.807) is 18.2 Å². The van der Waals surface area contributed by atoms with Crippen LogP contribution in [0.4, 0.5) is 5.69 Å². The Morgan fingerprint density at radius 1 is 1.26 bits per heavy atom. The number of benzene rings is 1. The van der Waals surface area contributed by atoms with Crippen molar-refractivity contribution >= 4 is 29.1 Å². The van der Waals surface area contributed by atoms with Crippen molar-refractivity contribution in [3.8, 4) is 5.75 Å². The van der Waals surface area contributed by atoms with Crippen molar-refractivity contribution in [3.63, 3.8) is 0 Å². The molecule has 0 aliphatic rings. The molecule has 2 N–H and O–H groups in total. The molecule has 0 unspecified atom stereocenters. The lowest BCUT2D eigenvalue weighted by atomic mass is 10.2. The van der Waals surface area contributed by atoms with E-state index < -0.39 is 0 Å². The third-order valence-corrected chi connectivity index (χ3v) is 3.51. The van der Waals surface area contributed by atoms with Crippen LogP contribution in [0.25, 0.3) is 0 Å². The fourth-order valence-electron chi connectivity index (χ4n) is 2.06. The summed E-state index contributed by atoms with van der Waals surface area (Å²) in [7, 11) is 1.53. The van der Waals surface area contributed by atoms with Crippen molar-refractivity contribution in [1.82, 2.24) is 10.2 Å². The SMILES string of the molecule is CCNC(=O)CN(CC)CCC(=O)Nc1cc(Cl)ccc1OC. The predicted octanol–water partition coefficient (Wildman–Crippen LogP) is 2.14. The number of halogens is 1. The maximum atomic E-state index is 12.1. The molecule has 7 heteroatoms. The number of methoxy groups -OCH3 is 1. The van der Waals surface area contributed by atoms with E-state index >= 15 is 0 Å². The third-order valence-electron chi connectivity index (χ3n) is 3.28. The van der Waals surface area contributed by atoms with Crippen LogP contribution < -0.4 is 15.4 Å². The number of likely N-dealkylation sites (N-methyl/N-ethyl adjacent to an activating group) is 2. The van der Waals surface area contributed by atoms with Crippen LogP contribution >= 0.6 is 11.6 Å². The Bertz CT molecular complexity index is 537. The average Bonchev–Trinajstić information content (AvgIpc) is 2.52. The van der Waals surface area contributed by atoms with Crippen LogP contribution in [0.15, 0.2) is 18.2 Å². The molecule has 1 rings (SSSR count). The van der Waals surface area contributed by atoms with Crippen molar-refractivity contribution in [3.05, 3.63) is 23.2 Å². The zero-order valence-corrected chi connectivity index (χ0v) is 14.6. The zero-order valence-electron chi connectivity index (χ0n) is 13.8. The highest BCUT2D eigenvalue weighted by molar-refractivity contribution is 6.31. The lowest BCUT2D eigenvalue weighted by Gasteiger charge is -2.19. The smallest absolute Gasteiger partial charge is 0.234 e. The molecule has 128 valence electrons. The second-order valence-corrected chi connectivity index (χ2v) is 5.40. The second kappa shape index (κ2) is 10.1. The molecule has 1 aromatic rings. The van der Waals surface area contributed by atoms with E-state index in [9.17, 15) is 9.59 Å². The van der Waals surface area contributed by atoms with Crippen LogP contribution in [0.2, 0.25) is 5.02 Å². The quantitative estimate of drug-likeness (QED) is 0.722. The Kier molecular flexibility index (Phi) is 8.43. The van der Waals surface area contributed by atoms with Crippen molar-refractivity contribution in [2.24, 2.45) is 0 Å². The highest BCUT2D eigenvalue weighted by atomic mass is 35.5. The molecule has 0 atom stereocenters. The summed E-state index contributed by atoms with van der Waals surface area (Å²) in [5, 5.41) is 6.05. The zero-order chi connectivity index (χ0) is 17.2. The van der Waals surface area contributed by atoms with Crippen LogP contribution in [0.1, 0.15) is 20.3 Å². The number of anilines is 1. The second-order valence-electron chi connectivity index (χ2n) is 4.97. The van der Waals surface area contributed by atoms with Gasteiger partial charge in [0.2, 0.25) is 11.8 Å². The fourth-order valence-corrected chi connectivity index (χ4v) is 2.23.